The summed E-state index contributed by atoms with van der Waals surface area (Å²) in [6, 6.07) is 7.54. The molecule has 2 aliphatic heterocycles. The van der Waals surface area contributed by atoms with Crippen LogP contribution in [-0.4, -0.2) is 135 Å². The first-order valence-corrected chi connectivity index (χ1v) is 15.8. The molecule has 2 atom stereocenters. The molecule has 0 radical (unpaired) electrons. The smallest absolute Gasteiger partial charge is 0.323 e. The Bertz CT molecular complexity index is 1530. The van der Waals surface area contributed by atoms with E-state index in [-0.39, 0.29) is 31.1 Å². The minimum Gasteiger partial charge on any atom is -0.497 e. The van der Waals surface area contributed by atoms with E-state index in [0.29, 0.717) is 25.1 Å². The van der Waals surface area contributed by atoms with Crippen molar-refractivity contribution in [2.24, 2.45) is 0 Å². The molecular formula is C29H36N6O10S. The van der Waals surface area contributed by atoms with Gasteiger partial charge in [-0.2, -0.15) is 4.72 Å². The van der Waals surface area contributed by atoms with Crippen LogP contribution in [0.1, 0.15) is 12.8 Å². The van der Waals surface area contributed by atoms with Crippen molar-refractivity contribution in [3.63, 3.8) is 0 Å². The van der Waals surface area contributed by atoms with Crippen molar-refractivity contribution in [3.05, 3.63) is 48.8 Å². The molecule has 1 aromatic carbocycles. The molecule has 0 bridgehead atoms. The van der Waals surface area contributed by atoms with E-state index in [0.717, 1.165) is 22.6 Å². The highest BCUT2D eigenvalue weighted by Gasteiger charge is 2.53. The Balaban J connectivity index is 1.76. The number of carbonyl (C=O) groups excluding carboxylic acids is 4. The number of hydrogen-bond donors (Lipinski definition) is 2. The molecule has 1 aromatic heterocycles. The number of methoxy groups -OCH3 is 2. The fourth-order valence-corrected chi connectivity index (χ4v) is 6.99. The van der Waals surface area contributed by atoms with E-state index in [1.807, 2.05) is 17.0 Å². The largest absolute Gasteiger partial charge is 0.497 e. The molecule has 2 fully saturated rings. The number of rotatable bonds is 13. The lowest BCUT2D eigenvalue weighted by molar-refractivity contribution is -0.165. The third-order valence-corrected chi connectivity index (χ3v) is 9.51. The lowest BCUT2D eigenvalue weighted by Gasteiger charge is -2.50. The van der Waals surface area contributed by atoms with Gasteiger partial charge in [0.1, 0.15) is 24.6 Å². The first kappa shape index (κ1) is 34.3. The number of carbonyl (C=O) groups is 5. The number of carboxylic acid groups (broad SMARTS) is 1. The molecule has 0 unspecified atom stereocenters. The number of pyridine rings is 1. The zero-order valence-electron chi connectivity index (χ0n) is 25.4. The summed E-state index contributed by atoms with van der Waals surface area (Å²) in [4.78, 5) is 73.7. The summed E-state index contributed by atoms with van der Waals surface area (Å²) in [5.74, 6) is -3.51. The van der Waals surface area contributed by atoms with Gasteiger partial charge < -0.3 is 34.1 Å². The number of amides is 2. The van der Waals surface area contributed by atoms with E-state index < -0.39 is 64.9 Å². The molecule has 3 heterocycles. The number of benzene rings is 1. The molecule has 0 aliphatic carbocycles. The molecular weight excluding hydrogens is 624 g/mol. The van der Waals surface area contributed by atoms with E-state index >= 15 is 0 Å². The van der Waals surface area contributed by atoms with Gasteiger partial charge in [-0.25, -0.2) is 8.42 Å². The first-order chi connectivity index (χ1) is 21.9. The number of esters is 1. The quantitative estimate of drug-likeness (QED) is 0.200. The van der Waals surface area contributed by atoms with Crippen LogP contribution in [0.4, 0.5) is 5.69 Å². The predicted octanol–water partition coefficient (Wildman–Crippen LogP) is -0.837. The van der Waals surface area contributed by atoms with E-state index in [4.69, 9.17) is 9.47 Å². The number of anilines is 1. The van der Waals surface area contributed by atoms with Gasteiger partial charge in [0.2, 0.25) is 15.9 Å². The molecule has 2 saturated heterocycles. The maximum atomic E-state index is 14.7. The van der Waals surface area contributed by atoms with Gasteiger partial charge in [0.05, 0.1) is 25.5 Å². The number of aromatic nitrogens is 1. The first-order valence-electron chi connectivity index (χ1n) is 14.4. The second kappa shape index (κ2) is 14.7. The van der Waals surface area contributed by atoms with Crippen molar-refractivity contribution < 1.29 is 47.0 Å². The molecule has 4 rings (SSSR count). The van der Waals surface area contributed by atoms with Crippen LogP contribution in [0.25, 0.3) is 0 Å². The Hall–Kier alpha value is -4.61. The Morgan fingerprint density at radius 1 is 1.02 bits per heavy atom. The van der Waals surface area contributed by atoms with Gasteiger partial charge in [-0.05, 0) is 36.4 Å². The van der Waals surface area contributed by atoms with Gasteiger partial charge in [0.25, 0.3) is 5.91 Å². The van der Waals surface area contributed by atoms with Crippen molar-refractivity contribution in [2.75, 3.05) is 64.9 Å². The van der Waals surface area contributed by atoms with Crippen LogP contribution in [0, 0.1) is 0 Å². The SMILES string of the molecule is COC(=O)C[C@H]1C(=O)N(CC(=O)O)CCN1C(=O)[C@](CC=O)(NS(=O)(=O)c1ccc(OC)cc1)N1CCN(c2ccncc2)CC1. The number of ether oxygens (including phenoxy) is 2. The van der Waals surface area contributed by atoms with Crippen molar-refractivity contribution in [1.29, 1.82) is 0 Å². The third kappa shape index (κ3) is 7.43. The minimum atomic E-state index is -4.49. The van der Waals surface area contributed by atoms with E-state index in [9.17, 15) is 37.5 Å². The summed E-state index contributed by atoms with van der Waals surface area (Å²) in [7, 11) is -1.97. The van der Waals surface area contributed by atoms with Crippen molar-refractivity contribution in [3.8, 4) is 5.75 Å². The second-order valence-electron chi connectivity index (χ2n) is 10.6. The monoisotopic (exact) mass is 660 g/mol. The molecule has 0 spiro atoms. The van der Waals surface area contributed by atoms with E-state index in [1.165, 1.54) is 31.4 Å². The lowest BCUT2D eigenvalue weighted by atomic mass is 9.98. The highest BCUT2D eigenvalue weighted by Crippen LogP contribution is 2.29. The summed E-state index contributed by atoms with van der Waals surface area (Å²) in [6.45, 7) is -0.158. The third-order valence-electron chi connectivity index (χ3n) is 8.01. The second-order valence-corrected chi connectivity index (χ2v) is 12.3. The van der Waals surface area contributed by atoms with Gasteiger partial charge in [0.15, 0.2) is 5.66 Å². The maximum absolute atomic E-state index is 14.7. The Labute approximate surface area is 265 Å². The summed E-state index contributed by atoms with van der Waals surface area (Å²) in [5.41, 5.74) is -1.35. The van der Waals surface area contributed by atoms with Crippen LogP contribution in [0.3, 0.4) is 0 Å². The standard InChI is InChI=1S/C29H36N6O10S/c1-44-22-3-5-23(6-4-22)46(42,43)31-29(9-18-36,34-15-12-32(13-16-34)21-7-10-30-11-8-21)28(41)35-17-14-33(20-25(37)38)27(40)24(35)19-26(39)45-2/h3-8,10-11,18,24,31H,9,12-17,19-20H2,1-2H3,(H,37,38)/t24-,29+/m0/s1. The fourth-order valence-electron chi connectivity index (χ4n) is 5.64. The van der Waals surface area contributed by atoms with Crippen LogP contribution >= 0.6 is 0 Å². The minimum absolute atomic E-state index is 0.127. The summed E-state index contributed by atoms with van der Waals surface area (Å²) < 4.78 is 40.1. The number of hydrogen-bond acceptors (Lipinski definition) is 12. The normalized spacial score (nSPS) is 18.9. The maximum Gasteiger partial charge on any atom is 0.323 e. The van der Waals surface area contributed by atoms with Crippen molar-refractivity contribution in [1.82, 2.24) is 24.4 Å². The number of aliphatic carboxylic acids is 1. The van der Waals surface area contributed by atoms with Gasteiger partial charge >= 0.3 is 11.9 Å². The van der Waals surface area contributed by atoms with Crippen LogP contribution in [0.2, 0.25) is 0 Å². The Kier molecular flexibility index (Phi) is 10.9. The van der Waals surface area contributed by atoms with Crippen LogP contribution in [-0.2, 0) is 38.7 Å². The number of sulfonamides is 1. The van der Waals surface area contributed by atoms with Gasteiger partial charge in [0, 0.05) is 63.8 Å². The van der Waals surface area contributed by atoms with E-state index in [2.05, 4.69) is 9.71 Å². The molecule has 2 amide bonds. The predicted molar refractivity (Wildman–Crippen MR) is 161 cm³/mol. The Morgan fingerprint density at radius 2 is 1.67 bits per heavy atom. The van der Waals surface area contributed by atoms with Crippen LogP contribution < -0.4 is 14.4 Å². The van der Waals surface area contributed by atoms with Gasteiger partial charge in [-0.1, -0.05) is 0 Å². The highest BCUT2D eigenvalue weighted by atomic mass is 32.2. The van der Waals surface area contributed by atoms with Crippen LogP contribution in [0.5, 0.6) is 5.75 Å². The summed E-state index contributed by atoms with van der Waals surface area (Å²) in [6.07, 6.45) is 2.43. The average molecular weight is 661 g/mol. The van der Waals surface area contributed by atoms with E-state index in [1.54, 1.807) is 17.3 Å². The number of nitrogens with one attached hydrogen (secondary N) is 1. The fraction of sp³-hybridized carbons (Fsp3) is 0.448. The number of nitrogens with zero attached hydrogens (tertiary/aromatic N) is 5. The topological polar surface area (TPSA) is 196 Å². The molecule has 46 heavy (non-hydrogen) atoms. The summed E-state index contributed by atoms with van der Waals surface area (Å²) in [5, 5.41) is 9.31. The number of aldehydes is 1. The Morgan fingerprint density at radius 3 is 2.24 bits per heavy atom. The molecule has 2 aromatic rings. The lowest BCUT2D eigenvalue weighted by Crippen LogP contribution is -2.74. The van der Waals surface area contributed by atoms with Crippen LogP contribution in [0.15, 0.2) is 53.7 Å². The zero-order valence-corrected chi connectivity index (χ0v) is 26.2. The molecule has 2 N–H and O–H groups in total. The molecule has 0 saturated carbocycles. The summed E-state index contributed by atoms with van der Waals surface area (Å²) >= 11 is 0. The number of carboxylic acids is 1. The van der Waals surface area contributed by atoms with Crippen molar-refractivity contribution >= 4 is 45.7 Å². The average Bonchev–Trinajstić information content (AvgIpc) is 3.06. The number of piperazine rings is 2. The van der Waals surface area contributed by atoms with Gasteiger partial charge in [-0.3, -0.25) is 29.1 Å². The molecule has 16 nitrogen and oxygen atoms in total. The molecule has 2 aliphatic rings. The van der Waals surface area contributed by atoms with Gasteiger partial charge in [-0.15, -0.1) is 0 Å². The highest BCUT2D eigenvalue weighted by molar-refractivity contribution is 7.89. The van der Waals surface area contributed by atoms with Crippen molar-refractivity contribution in [2.45, 2.75) is 29.4 Å². The molecule has 17 heteroatoms. The zero-order chi connectivity index (χ0) is 33.5. The molecule has 248 valence electrons.